The molecule has 0 saturated carbocycles. The second kappa shape index (κ2) is 7.66. The number of hydrogen-bond donors (Lipinski definition) is 1. The summed E-state index contributed by atoms with van der Waals surface area (Å²) in [6.07, 6.45) is 4.10. The number of rotatable bonds is 5. The van der Waals surface area contributed by atoms with E-state index in [4.69, 9.17) is 21.3 Å². The number of aryl methyl sites for hydroxylation is 3. The lowest BCUT2D eigenvalue weighted by Gasteiger charge is -2.30. The quantitative estimate of drug-likeness (QED) is 0.511. The van der Waals surface area contributed by atoms with Crippen molar-refractivity contribution in [3.8, 4) is 5.75 Å². The van der Waals surface area contributed by atoms with Gasteiger partial charge in [-0.15, -0.1) is 0 Å². The number of aromatic nitrogens is 5. The van der Waals surface area contributed by atoms with Crippen molar-refractivity contribution in [3.05, 3.63) is 69.9 Å². The van der Waals surface area contributed by atoms with E-state index in [1.165, 1.54) is 0 Å². The van der Waals surface area contributed by atoms with E-state index in [-0.39, 0.29) is 0 Å². The molecule has 0 aliphatic carbocycles. The molecule has 0 radical (unpaired) electrons. The summed E-state index contributed by atoms with van der Waals surface area (Å²) in [7, 11) is 5.36. The Morgan fingerprint density at radius 2 is 1.65 bits per heavy atom. The van der Waals surface area contributed by atoms with E-state index in [9.17, 15) is 5.11 Å². The van der Waals surface area contributed by atoms with Crippen LogP contribution in [0.25, 0.3) is 10.9 Å². The molecule has 162 valence electrons. The number of methoxy groups -OCH3 is 1. The predicted octanol–water partition coefficient (Wildman–Crippen LogP) is 3.83. The van der Waals surface area contributed by atoms with Gasteiger partial charge in [-0.05, 0) is 38.0 Å². The molecule has 8 heteroatoms. The van der Waals surface area contributed by atoms with Crippen molar-refractivity contribution in [2.24, 2.45) is 14.1 Å². The molecule has 7 nitrogen and oxygen atoms in total. The normalized spacial score (nSPS) is 12.0. The van der Waals surface area contributed by atoms with Crippen LogP contribution in [0.1, 0.15) is 41.2 Å². The highest BCUT2D eigenvalue weighted by molar-refractivity contribution is 6.37. The second-order valence-electron chi connectivity index (χ2n) is 7.70. The number of hydrogen-bond acceptors (Lipinski definition) is 5. The number of ether oxygens (including phenoxy) is 1. The largest absolute Gasteiger partial charge is 0.493 e. The minimum absolute atomic E-state index is 0.482. The number of aliphatic hydroxyl groups is 1. The monoisotopic (exact) mass is 439 g/mol. The Morgan fingerprint density at radius 3 is 2.10 bits per heavy atom. The minimum atomic E-state index is -1.50. The van der Waals surface area contributed by atoms with Crippen LogP contribution >= 0.6 is 11.6 Å². The minimum Gasteiger partial charge on any atom is -0.493 e. The van der Waals surface area contributed by atoms with Crippen LogP contribution in [-0.4, -0.2) is 36.3 Å². The van der Waals surface area contributed by atoms with Crippen LogP contribution in [-0.2, 0) is 26.1 Å². The first kappa shape index (κ1) is 21.3. The highest BCUT2D eigenvalue weighted by atomic mass is 35.5. The van der Waals surface area contributed by atoms with Gasteiger partial charge in [0.15, 0.2) is 11.4 Å². The summed E-state index contributed by atoms with van der Waals surface area (Å²) in [5.41, 5.74) is 1.95. The average molecular weight is 440 g/mol. The molecule has 1 aromatic carbocycles. The van der Waals surface area contributed by atoms with Crippen molar-refractivity contribution in [2.75, 3.05) is 7.11 Å². The van der Waals surface area contributed by atoms with Gasteiger partial charge in [0.2, 0.25) is 0 Å². The maximum Gasteiger partial charge on any atom is 0.173 e. The third kappa shape index (κ3) is 3.11. The predicted molar refractivity (Wildman–Crippen MR) is 121 cm³/mol. The highest BCUT2D eigenvalue weighted by Gasteiger charge is 2.40. The van der Waals surface area contributed by atoms with Crippen molar-refractivity contribution in [1.82, 2.24) is 24.1 Å². The highest BCUT2D eigenvalue weighted by Crippen LogP contribution is 2.41. The first-order valence-electron chi connectivity index (χ1n) is 10.1. The first-order chi connectivity index (χ1) is 14.7. The number of halogens is 1. The second-order valence-corrected chi connectivity index (χ2v) is 8.08. The van der Waals surface area contributed by atoms with Gasteiger partial charge in [0.1, 0.15) is 11.6 Å². The molecule has 0 bridgehead atoms. The molecule has 4 rings (SSSR count). The molecule has 0 amide bonds. The number of pyridine rings is 1. The van der Waals surface area contributed by atoms with E-state index >= 15 is 0 Å². The lowest BCUT2D eigenvalue weighted by Crippen LogP contribution is -2.33. The molecule has 0 atom stereocenters. The van der Waals surface area contributed by atoms with E-state index in [0.29, 0.717) is 39.5 Å². The fraction of sp³-hybridized carbons (Fsp3) is 0.348. The number of imidazole rings is 2. The summed E-state index contributed by atoms with van der Waals surface area (Å²) in [5.74, 6) is 2.15. The third-order valence-corrected chi connectivity index (χ3v) is 6.46. The standard InChI is InChI=1S/C23H26ClN5O2/c1-7-17-22(31-6)21(24)16-10-15(8-9-18(16)27-17)23(30,19-11-25-13(2)28(19)4)20-12-26-14(3)29(20)5/h8-12,30H,7H2,1-6H3. The summed E-state index contributed by atoms with van der Waals surface area (Å²) < 4.78 is 9.29. The molecule has 0 aliphatic heterocycles. The van der Waals surface area contributed by atoms with Crippen molar-refractivity contribution in [2.45, 2.75) is 32.8 Å². The van der Waals surface area contributed by atoms with Crippen molar-refractivity contribution >= 4 is 22.5 Å². The molecule has 0 saturated heterocycles. The molecular formula is C23H26ClN5O2. The zero-order valence-electron chi connectivity index (χ0n) is 18.6. The van der Waals surface area contributed by atoms with E-state index in [1.807, 2.05) is 62.2 Å². The van der Waals surface area contributed by atoms with Crippen LogP contribution < -0.4 is 4.74 Å². The lowest BCUT2D eigenvalue weighted by molar-refractivity contribution is 0.109. The van der Waals surface area contributed by atoms with Gasteiger partial charge < -0.3 is 19.0 Å². The topological polar surface area (TPSA) is 78.0 Å². The van der Waals surface area contributed by atoms with Gasteiger partial charge in [-0.1, -0.05) is 24.6 Å². The van der Waals surface area contributed by atoms with Gasteiger partial charge >= 0.3 is 0 Å². The molecular weight excluding hydrogens is 414 g/mol. The zero-order valence-corrected chi connectivity index (χ0v) is 19.3. The van der Waals surface area contributed by atoms with Gasteiger partial charge in [0.05, 0.1) is 47.1 Å². The summed E-state index contributed by atoms with van der Waals surface area (Å²) >= 11 is 6.73. The molecule has 4 aromatic rings. The van der Waals surface area contributed by atoms with Gasteiger partial charge in [-0.2, -0.15) is 0 Å². The molecule has 3 aromatic heterocycles. The van der Waals surface area contributed by atoms with E-state index in [2.05, 4.69) is 9.97 Å². The lowest BCUT2D eigenvalue weighted by atomic mass is 9.86. The fourth-order valence-corrected chi connectivity index (χ4v) is 4.37. The maximum absolute atomic E-state index is 12.3. The maximum atomic E-state index is 12.3. The van der Waals surface area contributed by atoms with Crippen molar-refractivity contribution in [1.29, 1.82) is 0 Å². The van der Waals surface area contributed by atoms with Crippen molar-refractivity contribution in [3.63, 3.8) is 0 Å². The molecule has 1 N–H and O–H groups in total. The number of benzene rings is 1. The van der Waals surface area contributed by atoms with Gasteiger partial charge in [0.25, 0.3) is 0 Å². The zero-order chi connectivity index (χ0) is 22.5. The molecule has 31 heavy (non-hydrogen) atoms. The van der Waals surface area contributed by atoms with Crippen molar-refractivity contribution < 1.29 is 9.84 Å². The summed E-state index contributed by atoms with van der Waals surface area (Å²) in [6, 6.07) is 5.63. The van der Waals surface area contributed by atoms with Crippen LogP contribution in [0.4, 0.5) is 0 Å². The SMILES string of the molecule is CCc1nc2ccc(C(O)(c3cnc(C)n3C)c3cnc(C)n3C)cc2c(Cl)c1OC. The Bertz CT molecular complexity index is 1240. The van der Waals surface area contributed by atoms with Gasteiger partial charge in [-0.25, -0.2) is 15.0 Å². The van der Waals surface area contributed by atoms with Crippen LogP contribution in [0, 0.1) is 13.8 Å². The molecule has 0 spiro atoms. The summed E-state index contributed by atoms with van der Waals surface area (Å²) in [4.78, 5) is 13.5. The first-order valence-corrected chi connectivity index (χ1v) is 10.5. The Hall–Kier alpha value is -2.90. The van der Waals surface area contributed by atoms with Gasteiger partial charge in [0, 0.05) is 19.5 Å². The van der Waals surface area contributed by atoms with Crippen LogP contribution in [0.3, 0.4) is 0 Å². The third-order valence-electron chi connectivity index (χ3n) is 6.09. The van der Waals surface area contributed by atoms with Gasteiger partial charge in [-0.3, -0.25) is 0 Å². The molecule has 3 heterocycles. The van der Waals surface area contributed by atoms with E-state index < -0.39 is 5.60 Å². The molecule has 0 unspecified atom stereocenters. The van der Waals surface area contributed by atoms with Crippen LogP contribution in [0.5, 0.6) is 5.75 Å². The average Bonchev–Trinajstić information content (AvgIpc) is 3.29. The van der Waals surface area contributed by atoms with E-state index in [1.54, 1.807) is 19.5 Å². The smallest absolute Gasteiger partial charge is 0.173 e. The molecule has 0 fully saturated rings. The Kier molecular flexibility index (Phi) is 5.27. The fourth-order valence-electron chi connectivity index (χ4n) is 4.03. The molecule has 0 aliphatic rings. The summed E-state index contributed by atoms with van der Waals surface area (Å²) in [5, 5.41) is 13.5. The Labute approximate surface area is 186 Å². The van der Waals surface area contributed by atoms with E-state index in [0.717, 1.165) is 22.9 Å². The Morgan fingerprint density at radius 1 is 1.06 bits per heavy atom. The van der Waals surface area contributed by atoms with Crippen LogP contribution in [0.2, 0.25) is 5.02 Å². The number of nitrogens with zero attached hydrogens (tertiary/aromatic N) is 5. The number of fused-ring (bicyclic) bond motifs is 1. The van der Waals surface area contributed by atoms with Crippen LogP contribution in [0.15, 0.2) is 30.6 Å². The summed E-state index contributed by atoms with van der Waals surface area (Å²) in [6.45, 7) is 5.81. The Balaban J connectivity index is 2.05.